The van der Waals surface area contributed by atoms with E-state index in [1.807, 2.05) is 51.3 Å². The summed E-state index contributed by atoms with van der Waals surface area (Å²) in [4.78, 5) is 12.1. The first kappa shape index (κ1) is 16.5. The predicted octanol–water partition coefficient (Wildman–Crippen LogP) is 3.57. The Morgan fingerprint density at radius 2 is 1.90 bits per heavy atom. The number of benzene rings is 1. The molecule has 1 aromatic carbocycles. The standard InChI is InChI=1S/C15H14I2N2O2/c16-12-6-9(7-13(17)14(12)20)5-10(8-18)15(21)19-11-3-1-2-4-11/h5-7,11,20H,1-4H2,(H,19,21)/b10-5-. The molecule has 0 atom stereocenters. The van der Waals surface area contributed by atoms with E-state index < -0.39 is 0 Å². The first-order valence-electron chi connectivity index (χ1n) is 6.62. The number of halogens is 2. The number of nitrogens with zero attached hydrogens (tertiary/aromatic N) is 1. The maximum atomic E-state index is 12.1. The van der Waals surface area contributed by atoms with Crippen LogP contribution in [0, 0.1) is 18.5 Å². The van der Waals surface area contributed by atoms with Gasteiger partial charge in [-0.1, -0.05) is 12.8 Å². The molecule has 4 nitrogen and oxygen atoms in total. The van der Waals surface area contributed by atoms with E-state index in [0.717, 1.165) is 31.2 Å². The summed E-state index contributed by atoms with van der Waals surface area (Å²) in [5, 5.41) is 21.8. The van der Waals surface area contributed by atoms with Gasteiger partial charge in [0.05, 0.1) is 7.14 Å². The zero-order valence-electron chi connectivity index (χ0n) is 11.2. The number of amides is 1. The van der Waals surface area contributed by atoms with E-state index >= 15 is 0 Å². The summed E-state index contributed by atoms with van der Waals surface area (Å²) >= 11 is 4.05. The average Bonchev–Trinajstić information content (AvgIpc) is 2.94. The van der Waals surface area contributed by atoms with Gasteiger partial charge in [0.25, 0.3) is 5.91 Å². The van der Waals surface area contributed by atoms with Crippen LogP contribution in [0.4, 0.5) is 0 Å². The normalized spacial score (nSPS) is 15.8. The topological polar surface area (TPSA) is 73.1 Å². The summed E-state index contributed by atoms with van der Waals surface area (Å²) < 4.78 is 1.39. The molecule has 0 spiro atoms. The van der Waals surface area contributed by atoms with Crippen molar-refractivity contribution in [3.63, 3.8) is 0 Å². The van der Waals surface area contributed by atoms with Gasteiger partial charge in [-0.05, 0) is 81.8 Å². The van der Waals surface area contributed by atoms with Crippen LogP contribution in [0.2, 0.25) is 0 Å². The number of rotatable bonds is 3. The van der Waals surface area contributed by atoms with E-state index in [1.54, 1.807) is 18.2 Å². The van der Waals surface area contributed by atoms with Crippen LogP contribution in [0.5, 0.6) is 5.75 Å². The van der Waals surface area contributed by atoms with E-state index in [2.05, 4.69) is 5.32 Å². The Labute approximate surface area is 150 Å². The van der Waals surface area contributed by atoms with Crippen LogP contribution in [0.15, 0.2) is 17.7 Å². The van der Waals surface area contributed by atoms with Gasteiger partial charge in [-0.25, -0.2) is 0 Å². The molecular formula is C15H14I2N2O2. The maximum absolute atomic E-state index is 12.1. The van der Waals surface area contributed by atoms with Crippen LogP contribution >= 0.6 is 45.2 Å². The van der Waals surface area contributed by atoms with Crippen molar-refractivity contribution in [1.82, 2.24) is 5.32 Å². The molecule has 0 heterocycles. The molecule has 1 amide bonds. The Hall–Kier alpha value is -0.820. The summed E-state index contributed by atoms with van der Waals surface area (Å²) in [6, 6.07) is 5.65. The summed E-state index contributed by atoms with van der Waals surface area (Å²) in [6.07, 6.45) is 5.79. The SMILES string of the molecule is N#C/C(=C/c1cc(I)c(O)c(I)c1)C(=O)NC1CCCC1. The quantitative estimate of drug-likeness (QED) is 0.373. The minimum Gasteiger partial charge on any atom is -0.506 e. The number of phenols is 1. The summed E-state index contributed by atoms with van der Waals surface area (Å²) in [5.41, 5.74) is 0.832. The fourth-order valence-corrected chi connectivity index (χ4v) is 4.13. The number of carbonyl (C=O) groups is 1. The Kier molecular flexibility index (Phi) is 5.87. The van der Waals surface area contributed by atoms with E-state index in [9.17, 15) is 15.2 Å². The summed E-state index contributed by atoms with van der Waals surface area (Å²) in [5.74, 6) is -0.0928. The lowest BCUT2D eigenvalue weighted by atomic mass is 10.1. The highest BCUT2D eigenvalue weighted by molar-refractivity contribution is 14.1. The fourth-order valence-electron chi connectivity index (χ4n) is 2.32. The molecular weight excluding hydrogens is 494 g/mol. The van der Waals surface area contributed by atoms with Crippen molar-refractivity contribution in [2.24, 2.45) is 0 Å². The second-order valence-electron chi connectivity index (χ2n) is 4.96. The van der Waals surface area contributed by atoms with Crippen molar-refractivity contribution in [3.05, 3.63) is 30.4 Å². The summed E-state index contributed by atoms with van der Waals surface area (Å²) in [6.45, 7) is 0. The third kappa shape index (κ3) is 4.32. The van der Waals surface area contributed by atoms with Crippen molar-refractivity contribution >= 4 is 57.2 Å². The van der Waals surface area contributed by atoms with E-state index in [0.29, 0.717) is 7.14 Å². The van der Waals surface area contributed by atoms with Gasteiger partial charge >= 0.3 is 0 Å². The molecule has 1 aliphatic rings. The Bertz CT molecular complexity index is 606. The number of aromatic hydroxyl groups is 1. The molecule has 1 saturated carbocycles. The third-order valence-electron chi connectivity index (χ3n) is 3.41. The molecule has 2 rings (SSSR count). The Morgan fingerprint density at radius 1 is 1.33 bits per heavy atom. The lowest BCUT2D eigenvalue weighted by Gasteiger charge is -2.11. The van der Waals surface area contributed by atoms with Crippen LogP contribution in [0.1, 0.15) is 31.2 Å². The van der Waals surface area contributed by atoms with Gasteiger partial charge in [0, 0.05) is 6.04 Å². The number of phenolic OH excluding ortho intramolecular Hbond substituents is 1. The Balaban J connectivity index is 2.20. The minimum absolute atomic E-state index is 0.0965. The van der Waals surface area contributed by atoms with Crippen molar-refractivity contribution in [3.8, 4) is 11.8 Å². The molecule has 0 aliphatic heterocycles. The molecule has 0 unspecified atom stereocenters. The molecule has 110 valence electrons. The maximum Gasteiger partial charge on any atom is 0.262 e. The second kappa shape index (κ2) is 7.45. The molecule has 0 radical (unpaired) electrons. The third-order valence-corrected chi connectivity index (χ3v) is 5.05. The second-order valence-corrected chi connectivity index (χ2v) is 7.28. The highest BCUT2D eigenvalue weighted by atomic mass is 127. The zero-order chi connectivity index (χ0) is 15.4. The van der Waals surface area contributed by atoms with Gasteiger partial charge in [0.1, 0.15) is 17.4 Å². The summed E-state index contributed by atoms with van der Waals surface area (Å²) in [7, 11) is 0. The number of nitriles is 1. The van der Waals surface area contributed by atoms with Crippen LogP contribution in [0.3, 0.4) is 0 Å². The predicted molar refractivity (Wildman–Crippen MR) is 97.5 cm³/mol. The minimum atomic E-state index is -0.317. The average molecular weight is 508 g/mol. The molecule has 1 aromatic rings. The fraction of sp³-hybridized carbons (Fsp3) is 0.333. The van der Waals surface area contributed by atoms with Crippen LogP contribution in [-0.2, 0) is 4.79 Å². The molecule has 0 aromatic heterocycles. The van der Waals surface area contributed by atoms with Crippen LogP contribution in [0.25, 0.3) is 6.08 Å². The smallest absolute Gasteiger partial charge is 0.262 e. The molecule has 0 saturated heterocycles. The van der Waals surface area contributed by atoms with Gasteiger partial charge in [0.2, 0.25) is 0 Å². The lowest BCUT2D eigenvalue weighted by Crippen LogP contribution is -2.33. The molecule has 6 heteroatoms. The lowest BCUT2D eigenvalue weighted by molar-refractivity contribution is -0.117. The highest BCUT2D eigenvalue weighted by Crippen LogP contribution is 2.28. The first-order valence-corrected chi connectivity index (χ1v) is 8.77. The van der Waals surface area contributed by atoms with E-state index in [1.165, 1.54) is 0 Å². The van der Waals surface area contributed by atoms with Gasteiger partial charge in [-0.2, -0.15) is 5.26 Å². The molecule has 2 N–H and O–H groups in total. The number of hydrogen-bond donors (Lipinski definition) is 2. The monoisotopic (exact) mass is 508 g/mol. The number of hydrogen-bond acceptors (Lipinski definition) is 3. The van der Waals surface area contributed by atoms with E-state index in [4.69, 9.17) is 0 Å². The van der Waals surface area contributed by atoms with Crippen LogP contribution in [-0.4, -0.2) is 17.1 Å². The van der Waals surface area contributed by atoms with Crippen molar-refractivity contribution < 1.29 is 9.90 Å². The molecule has 1 fully saturated rings. The van der Waals surface area contributed by atoms with Gasteiger partial charge < -0.3 is 10.4 Å². The highest BCUT2D eigenvalue weighted by Gasteiger charge is 2.19. The number of nitrogens with one attached hydrogen (secondary N) is 1. The Morgan fingerprint density at radius 3 is 2.43 bits per heavy atom. The van der Waals surface area contributed by atoms with Crippen molar-refractivity contribution in [2.75, 3.05) is 0 Å². The van der Waals surface area contributed by atoms with Crippen LogP contribution < -0.4 is 5.32 Å². The van der Waals surface area contributed by atoms with Crippen molar-refractivity contribution in [1.29, 1.82) is 5.26 Å². The zero-order valence-corrected chi connectivity index (χ0v) is 15.5. The van der Waals surface area contributed by atoms with Gasteiger partial charge in [-0.15, -0.1) is 0 Å². The molecule has 21 heavy (non-hydrogen) atoms. The number of carbonyl (C=O) groups excluding carboxylic acids is 1. The molecule has 0 bridgehead atoms. The molecule has 1 aliphatic carbocycles. The van der Waals surface area contributed by atoms with Gasteiger partial charge in [0.15, 0.2) is 0 Å². The van der Waals surface area contributed by atoms with Crippen molar-refractivity contribution in [2.45, 2.75) is 31.7 Å². The first-order chi connectivity index (χ1) is 10.0. The van der Waals surface area contributed by atoms with E-state index in [-0.39, 0.29) is 23.3 Å². The van der Waals surface area contributed by atoms with Gasteiger partial charge in [-0.3, -0.25) is 4.79 Å². The largest absolute Gasteiger partial charge is 0.506 e.